The highest BCUT2D eigenvalue weighted by atomic mass is 16.2. The zero-order valence-corrected chi connectivity index (χ0v) is 13.1. The molecule has 4 nitrogen and oxygen atoms in total. The van der Waals surface area contributed by atoms with Gasteiger partial charge >= 0.3 is 0 Å². The molecule has 116 valence electrons. The quantitative estimate of drug-likeness (QED) is 0.779. The van der Waals surface area contributed by atoms with E-state index in [9.17, 15) is 9.59 Å². The minimum Gasteiger partial charge on any atom is -0.326 e. The molecule has 0 bridgehead atoms. The fourth-order valence-corrected chi connectivity index (χ4v) is 2.57. The van der Waals surface area contributed by atoms with Gasteiger partial charge in [0.1, 0.15) is 0 Å². The first kappa shape index (κ1) is 15.0. The summed E-state index contributed by atoms with van der Waals surface area (Å²) in [6, 6.07) is 15.2. The van der Waals surface area contributed by atoms with E-state index in [0.29, 0.717) is 5.56 Å². The van der Waals surface area contributed by atoms with E-state index >= 15 is 0 Å². The molecule has 3 aromatic rings. The molecule has 4 heteroatoms. The molecule has 0 unspecified atom stereocenters. The summed E-state index contributed by atoms with van der Waals surface area (Å²) in [4.78, 5) is 27.2. The Balaban J connectivity index is 1.83. The van der Waals surface area contributed by atoms with E-state index in [4.69, 9.17) is 0 Å². The Morgan fingerprint density at radius 1 is 1.09 bits per heavy atom. The van der Waals surface area contributed by atoms with Crippen molar-refractivity contribution in [2.75, 3.05) is 5.32 Å². The smallest absolute Gasteiger partial charge is 0.252 e. The number of H-pyrrole nitrogens is 1. The molecular formula is C19H18N2O2. The summed E-state index contributed by atoms with van der Waals surface area (Å²) in [5.41, 5.74) is 3.94. The minimum absolute atomic E-state index is 0.0487. The number of benzene rings is 2. The van der Waals surface area contributed by atoms with Crippen LogP contribution >= 0.6 is 0 Å². The van der Waals surface area contributed by atoms with Crippen LogP contribution in [0.3, 0.4) is 0 Å². The van der Waals surface area contributed by atoms with Crippen molar-refractivity contribution >= 4 is 22.5 Å². The molecule has 2 aromatic carbocycles. The normalized spacial score (nSPS) is 10.7. The molecule has 0 aliphatic rings. The second kappa shape index (κ2) is 6.08. The van der Waals surface area contributed by atoms with E-state index in [0.717, 1.165) is 27.7 Å². The number of aromatic amines is 1. The Morgan fingerprint density at radius 2 is 1.83 bits per heavy atom. The van der Waals surface area contributed by atoms with E-state index in [1.54, 1.807) is 6.07 Å². The van der Waals surface area contributed by atoms with Crippen LogP contribution in [-0.2, 0) is 11.2 Å². The van der Waals surface area contributed by atoms with Gasteiger partial charge in [-0.2, -0.15) is 0 Å². The van der Waals surface area contributed by atoms with Crippen molar-refractivity contribution in [2.45, 2.75) is 20.3 Å². The topological polar surface area (TPSA) is 62.0 Å². The second-order valence-corrected chi connectivity index (χ2v) is 5.75. The maximum absolute atomic E-state index is 12.2. The first-order valence-electron chi connectivity index (χ1n) is 7.51. The lowest BCUT2D eigenvalue weighted by Gasteiger charge is -2.07. The fraction of sp³-hybridized carbons (Fsp3) is 0.158. The van der Waals surface area contributed by atoms with Crippen LogP contribution in [0, 0.1) is 13.8 Å². The molecule has 0 aliphatic heterocycles. The van der Waals surface area contributed by atoms with E-state index in [-0.39, 0.29) is 17.9 Å². The van der Waals surface area contributed by atoms with Gasteiger partial charge in [-0.15, -0.1) is 0 Å². The summed E-state index contributed by atoms with van der Waals surface area (Å²) in [6.45, 7) is 3.93. The molecular weight excluding hydrogens is 288 g/mol. The third-order valence-corrected chi connectivity index (χ3v) is 3.85. The Bertz CT molecular complexity index is 924. The van der Waals surface area contributed by atoms with Crippen molar-refractivity contribution in [3.63, 3.8) is 0 Å². The van der Waals surface area contributed by atoms with Crippen LogP contribution < -0.4 is 10.9 Å². The highest BCUT2D eigenvalue weighted by Gasteiger charge is 2.09. The van der Waals surface area contributed by atoms with Gasteiger partial charge in [0.15, 0.2) is 0 Å². The predicted molar refractivity (Wildman–Crippen MR) is 92.8 cm³/mol. The molecule has 0 radical (unpaired) electrons. The number of aromatic nitrogens is 1. The van der Waals surface area contributed by atoms with E-state index in [2.05, 4.69) is 10.3 Å². The van der Waals surface area contributed by atoms with Crippen LogP contribution in [0.1, 0.15) is 16.7 Å². The minimum atomic E-state index is -0.217. The van der Waals surface area contributed by atoms with Gasteiger partial charge in [-0.1, -0.05) is 35.9 Å². The zero-order valence-electron chi connectivity index (χ0n) is 13.1. The summed E-state index contributed by atoms with van der Waals surface area (Å²) >= 11 is 0. The number of hydrogen-bond acceptors (Lipinski definition) is 2. The molecule has 1 aromatic heterocycles. The average molecular weight is 306 g/mol. The summed E-state index contributed by atoms with van der Waals surface area (Å²) in [6.07, 6.45) is 0.0487. The predicted octanol–water partition coefficient (Wildman–Crippen LogP) is 3.33. The largest absolute Gasteiger partial charge is 0.326 e. The molecule has 0 fully saturated rings. The van der Waals surface area contributed by atoms with Gasteiger partial charge in [0.25, 0.3) is 5.56 Å². The maximum atomic E-state index is 12.2. The van der Waals surface area contributed by atoms with Crippen molar-refractivity contribution in [3.8, 4) is 0 Å². The number of hydrogen-bond donors (Lipinski definition) is 2. The van der Waals surface area contributed by atoms with Gasteiger partial charge in [0, 0.05) is 11.3 Å². The van der Waals surface area contributed by atoms with E-state index in [1.165, 1.54) is 0 Å². The third kappa shape index (κ3) is 3.31. The van der Waals surface area contributed by atoms with Crippen molar-refractivity contribution in [1.82, 2.24) is 4.98 Å². The lowest BCUT2D eigenvalue weighted by molar-refractivity contribution is -0.115. The van der Waals surface area contributed by atoms with Gasteiger partial charge in [-0.3, -0.25) is 9.59 Å². The number of fused-ring (bicyclic) bond motifs is 1. The number of carbonyl (C=O) groups is 1. The highest BCUT2D eigenvalue weighted by Crippen LogP contribution is 2.15. The molecule has 0 aliphatic carbocycles. The number of amides is 1. The van der Waals surface area contributed by atoms with Crippen LogP contribution in [0.4, 0.5) is 5.69 Å². The lowest BCUT2D eigenvalue weighted by Crippen LogP contribution is -2.21. The number of carbonyl (C=O) groups excluding carboxylic acids is 1. The number of rotatable bonds is 3. The van der Waals surface area contributed by atoms with Crippen LogP contribution in [0.5, 0.6) is 0 Å². The summed E-state index contributed by atoms with van der Waals surface area (Å²) in [5, 5.41) is 3.75. The van der Waals surface area contributed by atoms with Crippen LogP contribution in [0.25, 0.3) is 10.9 Å². The monoisotopic (exact) mass is 306 g/mol. The first-order chi connectivity index (χ1) is 11.0. The van der Waals surface area contributed by atoms with Crippen molar-refractivity contribution in [3.05, 3.63) is 75.6 Å². The van der Waals surface area contributed by atoms with Gasteiger partial charge in [0.05, 0.1) is 11.9 Å². The van der Waals surface area contributed by atoms with Gasteiger partial charge < -0.3 is 10.3 Å². The SMILES string of the molecule is Cc1ccc(NC(=O)Cc2cc3cccc(C)c3[nH]c2=O)cc1. The van der Waals surface area contributed by atoms with Gasteiger partial charge in [-0.25, -0.2) is 0 Å². The second-order valence-electron chi connectivity index (χ2n) is 5.75. The van der Waals surface area contributed by atoms with Crippen LogP contribution in [0.2, 0.25) is 0 Å². The Kier molecular flexibility index (Phi) is 3.98. The Morgan fingerprint density at radius 3 is 2.57 bits per heavy atom. The molecule has 0 atom stereocenters. The molecule has 1 heterocycles. The standard InChI is InChI=1S/C19H18N2O2/c1-12-6-8-16(9-7-12)20-17(22)11-15-10-14-5-3-4-13(2)18(14)21-19(15)23/h3-10H,11H2,1-2H3,(H,20,22)(H,21,23). The molecule has 3 rings (SSSR count). The van der Waals surface area contributed by atoms with Gasteiger partial charge in [0.2, 0.25) is 5.91 Å². The number of para-hydroxylation sites is 1. The number of pyridine rings is 1. The zero-order chi connectivity index (χ0) is 16.4. The first-order valence-corrected chi connectivity index (χ1v) is 7.51. The summed E-state index contributed by atoms with van der Waals surface area (Å²) in [5.74, 6) is -0.202. The Hall–Kier alpha value is -2.88. The van der Waals surface area contributed by atoms with Crippen LogP contribution in [0.15, 0.2) is 53.3 Å². The molecule has 1 amide bonds. The van der Waals surface area contributed by atoms with Crippen molar-refractivity contribution in [1.29, 1.82) is 0 Å². The number of aryl methyl sites for hydroxylation is 2. The Labute approximate surface area is 134 Å². The molecule has 0 spiro atoms. The summed E-state index contributed by atoms with van der Waals surface area (Å²) < 4.78 is 0. The maximum Gasteiger partial charge on any atom is 0.252 e. The van der Waals surface area contributed by atoms with E-state index < -0.39 is 0 Å². The molecule has 2 N–H and O–H groups in total. The average Bonchev–Trinajstić information content (AvgIpc) is 2.51. The fourth-order valence-electron chi connectivity index (χ4n) is 2.57. The van der Waals surface area contributed by atoms with E-state index in [1.807, 2.05) is 56.3 Å². The third-order valence-electron chi connectivity index (χ3n) is 3.85. The molecule has 0 saturated heterocycles. The molecule has 0 saturated carbocycles. The van der Waals surface area contributed by atoms with Crippen LogP contribution in [-0.4, -0.2) is 10.9 Å². The lowest BCUT2D eigenvalue weighted by atomic mass is 10.1. The van der Waals surface area contributed by atoms with Crippen molar-refractivity contribution in [2.24, 2.45) is 0 Å². The number of anilines is 1. The highest BCUT2D eigenvalue weighted by molar-refractivity contribution is 5.93. The summed E-state index contributed by atoms with van der Waals surface area (Å²) in [7, 11) is 0. The van der Waals surface area contributed by atoms with Gasteiger partial charge in [-0.05, 0) is 43.0 Å². The van der Waals surface area contributed by atoms with Crippen molar-refractivity contribution < 1.29 is 4.79 Å². The molecule has 23 heavy (non-hydrogen) atoms. The number of nitrogens with one attached hydrogen (secondary N) is 2.